The SMILES string of the molecule is CN1CC(C)(C)N(Cc2ccccc2)CC1CCO. The van der Waals surface area contributed by atoms with E-state index in [9.17, 15) is 5.11 Å². The van der Waals surface area contributed by atoms with Crippen LogP contribution < -0.4 is 0 Å². The molecular formula is C16H26N2O. The van der Waals surface area contributed by atoms with E-state index < -0.39 is 0 Å². The Morgan fingerprint density at radius 1 is 1.26 bits per heavy atom. The first-order valence-electron chi connectivity index (χ1n) is 7.13. The summed E-state index contributed by atoms with van der Waals surface area (Å²) >= 11 is 0. The van der Waals surface area contributed by atoms with Crippen LogP contribution in [0.1, 0.15) is 25.8 Å². The average molecular weight is 262 g/mol. The van der Waals surface area contributed by atoms with Gasteiger partial charge >= 0.3 is 0 Å². The molecule has 2 rings (SSSR count). The van der Waals surface area contributed by atoms with Crippen LogP contribution in [0.3, 0.4) is 0 Å². The van der Waals surface area contributed by atoms with Crippen LogP contribution in [-0.4, -0.2) is 53.2 Å². The molecule has 0 radical (unpaired) electrons. The molecule has 0 saturated carbocycles. The molecule has 1 unspecified atom stereocenters. The highest BCUT2D eigenvalue weighted by Gasteiger charge is 2.36. The Bertz CT molecular complexity index is 391. The van der Waals surface area contributed by atoms with Crippen molar-refractivity contribution in [2.45, 2.75) is 38.4 Å². The van der Waals surface area contributed by atoms with E-state index in [1.807, 2.05) is 0 Å². The van der Waals surface area contributed by atoms with Crippen molar-refractivity contribution in [3.63, 3.8) is 0 Å². The third kappa shape index (κ3) is 3.56. The van der Waals surface area contributed by atoms with Gasteiger partial charge in [0.2, 0.25) is 0 Å². The first kappa shape index (κ1) is 14.5. The summed E-state index contributed by atoms with van der Waals surface area (Å²) in [6.45, 7) is 7.95. The van der Waals surface area contributed by atoms with Gasteiger partial charge in [-0.2, -0.15) is 0 Å². The highest BCUT2D eigenvalue weighted by atomic mass is 16.3. The van der Waals surface area contributed by atoms with Gasteiger partial charge in [-0.3, -0.25) is 4.90 Å². The van der Waals surface area contributed by atoms with Crippen LogP contribution in [0, 0.1) is 0 Å². The lowest BCUT2D eigenvalue weighted by molar-refractivity contribution is -0.0171. The minimum Gasteiger partial charge on any atom is -0.396 e. The lowest BCUT2D eigenvalue weighted by Gasteiger charge is -2.50. The van der Waals surface area contributed by atoms with Crippen LogP contribution in [0.15, 0.2) is 30.3 Å². The molecule has 0 aliphatic carbocycles. The molecule has 3 nitrogen and oxygen atoms in total. The number of rotatable bonds is 4. The third-order valence-electron chi connectivity index (χ3n) is 4.23. The number of hydrogen-bond acceptors (Lipinski definition) is 3. The summed E-state index contributed by atoms with van der Waals surface area (Å²) in [6, 6.07) is 11.1. The second-order valence-corrected chi connectivity index (χ2v) is 6.26. The fourth-order valence-corrected chi connectivity index (χ4v) is 3.02. The van der Waals surface area contributed by atoms with Gasteiger partial charge in [-0.25, -0.2) is 0 Å². The standard InChI is InChI=1S/C16H26N2O/c1-16(2)13-17(3)15(9-10-19)12-18(16)11-14-7-5-4-6-8-14/h4-8,15,19H,9-13H2,1-3H3. The highest BCUT2D eigenvalue weighted by Crippen LogP contribution is 2.26. The first-order valence-corrected chi connectivity index (χ1v) is 7.13. The zero-order valence-corrected chi connectivity index (χ0v) is 12.3. The van der Waals surface area contributed by atoms with Crippen molar-refractivity contribution in [1.82, 2.24) is 9.80 Å². The maximum atomic E-state index is 9.20. The molecule has 0 amide bonds. The van der Waals surface area contributed by atoms with Crippen molar-refractivity contribution in [3.05, 3.63) is 35.9 Å². The van der Waals surface area contributed by atoms with E-state index in [0.717, 1.165) is 26.1 Å². The van der Waals surface area contributed by atoms with Crippen LogP contribution in [0.25, 0.3) is 0 Å². The van der Waals surface area contributed by atoms with Gasteiger partial charge in [-0.15, -0.1) is 0 Å². The molecule has 1 aromatic carbocycles. The molecule has 1 N–H and O–H groups in total. The Morgan fingerprint density at radius 2 is 1.95 bits per heavy atom. The van der Waals surface area contributed by atoms with E-state index in [-0.39, 0.29) is 12.1 Å². The predicted octanol–water partition coefficient (Wildman–Crippen LogP) is 1.96. The molecule has 3 heteroatoms. The van der Waals surface area contributed by atoms with Crippen molar-refractivity contribution < 1.29 is 5.11 Å². The van der Waals surface area contributed by atoms with Crippen molar-refractivity contribution in [2.75, 3.05) is 26.7 Å². The molecule has 0 spiro atoms. The minimum absolute atomic E-state index is 0.177. The summed E-state index contributed by atoms with van der Waals surface area (Å²) in [6.07, 6.45) is 0.859. The van der Waals surface area contributed by atoms with Gasteiger partial charge in [0.1, 0.15) is 0 Å². The number of benzene rings is 1. The lowest BCUT2D eigenvalue weighted by Crippen LogP contribution is -2.61. The number of aliphatic hydroxyl groups excluding tert-OH is 1. The van der Waals surface area contributed by atoms with Crippen LogP contribution in [-0.2, 0) is 6.54 Å². The molecule has 0 aromatic heterocycles. The largest absolute Gasteiger partial charge is 0.396 e. The van der Waals surface area contributed by atoms with Crippen molar-refractivity contribution in [3.8, 4) is 0 Å². The molecule has 19 heavy (non-hydrogen) atoms. The summed E-state index contributed by atoms with van der Waals surface area (Å²) in [5.74, 6) is 0. The fourth-order valence-electron chi connectivity index (χ4n) is 3.02. The number of likely N-dealkylation sites (N-methyl/N-ethyl adjacent to an activating group) is 1. The fraction of sp³-hybridized carbons (Fsp3) is 0.625. The first-order chi connectivity index (χ1) is 9.03. The highest BCUT2D eigenvalue weighted by molar-refractivity contribution is 5.15. The van der Waals surface area contributed by atoms with E-state index in [1.165, 1.54) is 5.56 Å². The van der Waals surface area contributed by atoms with Crippen LogP contribution in [0.5, 0.6) is 0 Å². The Kier molecular flexibility index (Phi) is 4.61. The van der Waals surface area contributed by atoms with Crippen molar-refractivity contribution in [2.24, 2.45) is 0 Å². The van der Waals surface area contributed by atoms with Gasteiger partial charge in [0, 0.05) is 37.8 Å². The quantitative estimate of drug-likeness (QED) is 0.898. The summed E-state index contributed by atoms with van der Waals surface area (Å²) in [7, 11) is 2.17. The second kappa shape index (κ2) is 6.04. The maximum absolute atomic E-state index is 9.20. The maximum Gasteiger partial charge on any atom is 0.0446 e. The lowest BCUT2D eigenvalue weighted by atomic mass is 9.94. The summed E-state index contributed by atoms with van der Waals surface area (Å²) in [5.41, 5.74) is 1.54. The number of hydrogen-bond donors (Lipinski definition) is 1. The molecule has 1 fully saturated rings. The molecule has 0 bridgehead atoms. The third-order valence-corrected chi connectivity index (χ3v) is 4.23. The van der Waals surface area contributed by atoms with Crippen LogP contribution in [0.4, 0.5) is 0 Å². The number of nitrogens with zero attached hydrogens (tertiary/aromatic N) is 2. The van der Waals surface area contributed by atoms with E-state index in [4.69, 9.17) is 0 Å². The zero-order chi connectivity index (χ0) is 13.9. The van der Waals surface area contributed by atoms with Crippen LogP contribution in [0.2, 0.25) is 0 Å². The Hall–Kier alpha value is -0.900. The number of piperazine rings is 1. The molecule has 1 saturated heterocycles. The van der Waals surface area contributed by atoms with Gasteiger partial charge in [0.15, 0.2) is 0 Å². The molecule has 1 aliphatic heterocycles. The topological polar surface area (TPSA) is 26.7 Å². The van der Waals surface area contributed by atoms with Crippen molar-refractivity contribution >= 4 is 0 Å². The summed E-state index contributed by atoms with van der Waals surface area (Å²) < 4.78 is 0. The molecular weight excluding hydrogens is 236 g/mol. The molecule has 1 atom stereocenters. The minimum atomic E-state index is 0.177. The van der Waals surface area contributed by atoms with Gasteiger partial charge in [0.05, 0.1) is 0 Å². The normalized spacial score (nSPS) is 24.5. The van der Waals surface area contributed by atoms with Crippen molar-refractivity contribution in [1.29, 1.82) is 0 Å². The molecule has 1 aromatic rings. The predicted molar refractivity (Wildman–Crippen MR) is 79.1 cm³/mol. The summed E-state index contributed by atoms with van der Waals surface area (Å²) in [4.78, 5) is 4.93. The summed E-state index contributed by atoms with van der Waals surface area (Å²) in [5, 5.41) is 9.20. The average Bonchev–Trinajstić information content (AvgIpc) is 2.36. The van der Waals surface area contributed by atoms with Gasteiger partial charge in [0.25, 0.3) is 0 Å². The molecule has 106 valence electrons. The number of aliphatic hydroxyl groups is 1. The zero-order valence-electron chi connectivity index (χ0n) is 12.3. The Labute approximate surface area is 116 Å². The Balaban J connectivity index is 2.08. The van der Waals surface area contributed by atoms with Gasteiger partial charge < -0.3 is 10.0 Å². The monoisotopic (exact) mass is 262 g/mol. The smallest absolute Gasteiger partial charge is 0.0446 e. The second-order valence-electron chi connectivity index (χ2n) is 6.26. The van der Waals surface area contributed by atoms with E-state index in [0.29, 0.717) is 6.04 Å². The van der Waals surface area contributed by atoms with Crippen LogP contribution >= 0.6 is 0 Å². The van der Waals surface area contributed by atoms with E-state index in [2.05, 4.69) is 61.0 Å². The molecule has 1 heterocycles. The molecule has 1 aliphatic rings. The van der Waals surface area contributed by atoms with E-state index >= 15 is 0 Å². The Morgan fingerprint density at radius 3 is 2.58 bits per heavy atom. The van der Waals surface area contributed by atoms with Gasteiger partial charge in [-0.05, 0) is 32.9 Å². The van der Waals surface area contributed by atoms with E-state index in [1.54, 1.807) is 0 Å². The van der Waals surface area contributed by atoms with Gasteiger partial charge in [-0.1, -0.05) is 30.3 Å².